The Morgan fingerprint density at radius 2 is 1.86 bits per heavy atom. The largest absolute Gasteiger partial charge is 0.636 e. The van der Waals surface area contributed by atoms with Gasteiger partial charge in [-0.3, -0.25) is 14.5 Å². The number of benzene rings is 1. The van der Waals surface area contributed by atoms with Gasteiger partial charge in [0.1, 0.15) is 5.82 Å². The Kier molecular flexibility index (Phi) is 4.42. The summed E-state index contributed by atoms with van der Waals surface area (Å²) in [4.78, 5) is 24.8. The molecule has 0 amide bonds. The van der Waals surface area contributed by atoms with Gasteiger partial charge in [-0.05, 0) is 31.2 Å². The number of hydrogen-bond acceptors (Lipinski definition) is 5. The van der Waals surface area contributed by atoms with Gasteiger partial charge in [-0.1, -0.05) is 18.7 Å². The van der Waals surface area contributed by atoms with Crippen molar-refractivity contribution in [3.63, 3.8) is 0 Å². The first kappa shape index (κ1) is 15.2. The van der Waals surface area contributed by atoms with Crippen LogP contribution >= 0.6 is 0 Å². The molecule has 21 heavy (non-hydrogen) atoms. The zero-order chi connectivity index (χ0) is 15.6. The van der Waals surface area contributed by atoms with E-state index in [2.05, 4.69) is 6.58 Å². The molecule has 110 valence electrons. The summed E-state index contributed by atoms with van der Waals surface area (Å²) in [7, 11) is 0.369. The molecule has 0 unspecified atom stereocenters. The minimum atomic E-state index is -1.24. The minimum absolute atomic E-state index is 0.0266. The van der Waals surface area contributed by atoms with Gasteiger partial charge in [-0.15, -0.1) is 0 Å². The van der Waals surface area contributed by atoms with Crippen molar-refractivity contribution >= 4 is 24.5 Å². The highest BCUT2D eigenvalue weighted by atomic mass is 19.1. The third kappa shape index (κ3) is 3.69. The Morgan fingerprint density at radius 3 is 2.38 bits per heavy atom. The molecule has 1 aromatic rings. The van der Waals surface area contributed by atoms with Crippen molar-refractivity contribution in [3.8, 4) is 0 Å². The molecule has 2 rings (SSSR count). The molecular formula is C14H15BFNO4. The molecule has 7 heteroatoms. The Morgan fingerprint density at radius 1 is 1.29 bits per heavy atom. The summed E-state index contributed by atoms with van der Waals surface area (Å²) in [5.74, 6) is -1.48. The maximum absolute atomic E-state index is 13.6. The van der Waals surface area contributed by atoms with Crippen molar-refractivity contribution in [2.24, 2.45) is 0 Å². The number of carbonyl (C=O) groups is 2. The number of likely N-dealkylation sites (N-methyl/N-ethyl adjacent to an activating group) is 1. The Bertz CT molecular complexity index is 585. The van der Waals surface area contributed by atoms with Gasteiger partial charge in [0, 0.05) is 5.47 Å². The smallest absolute Gasteiger partial charge is 0.494 e. The highest BCUT2D eigenvalue weighted by molar-refractivity contribution is 6.70. The van der Waals surface area contributed by atoms with Gasteiger partial charge in [-0.25, -0.2) is 4.39 Å². The molecule has 0 spiro atoms. The van der Waals surface area contributed by atoms with E-state index in [1.807, 2.05) is 0 Å². The summed E-state index contributed by atoms with van der Waals surface area (Å²) in [6.45, 7) is 5.32. The number of rotatable bonds is 2. The fraction of sp³-hybridized carbons (Fsp3) is 0.286. The maximum Gasteiger partial charge on any atom is 0.636 e. The molecule has 0 aromatic heterocycles. The zero-order valence-electron chi connectivity index (χ0n) is 11.9. The Hall–Kier alpha value is -2.15. The average Bonchev–Trinajstić information content (AvgIpc) is 2.38. The highest BCUT2D eigenvalue weighted by Crippen LogP contribution is 2.21. The average molecular weight is 291 g/mol. The summed E-state index contributed by atoms with van der Waals surface area (Å²) in [5, 5.41) is 0. The zero-order valence-corrected chi connectivity index (χ0v) is 11.9. The van der Waals surface area contributed by atoms with Crippen LogP contribution < -0.4 is 0 Å². The summed E-state index contributed by atoms with van der Waals surface area (Å²) < 4.78 is 23.7. The topological polar surface area (TPSA) is 55.8 Å². The van der Waals surface area contributed by atoms with Gasteiger partial charge in [-0.2, -0.15) is 0 Å². The van der Waals surface area contributed by atoms with Crippen molar-refractivity contribution < 1.29 is 23.3 Å². The third-order valence-corrected chi connectivity index (χ3v) is 3.10. The molecule has 1 saturated heterocycles. The van der Waals surface area contributed by atoms with E-state index in [-0.39, 0.29) is 18.6 Å². The van der Waals surface area contributed by atoms with Crippen LogP contribution in [0.25, 0.3) is 5.47 Å². The van der Waals surface area contributed by atoms with Crippen LogP contribution in [-0.4, -0.2) is 44.1 Å². The van der Waals surface area contributed by atoms with Crippen molar-refractivity contribution in [2.45, 2.75) is 6.92 Å². The molecule has 1 fully saturated rings. The molecule has 0 radical (unpaired) electrons. The lowest BCUT2D eigenvalue weighted by atomic mass is 9.74. The van der Waals surface area contributed by atoms with Crippen molar-refractivity contribution in [2.75, 3.05) is 20.1 Å². The summed E-state index contributed by atoms with van der Waals surface area (Å²) in [6, 6.07) is 4.48. The first-order chi connectivity index (χ1) is 9.86. The first-order valence-corrected chi connectivity index (χ1v) is 6.39. The second kappa shape index (κ2) is 6.09. The maximum atomic E-state index is 13.6. The fourth-order valence-corrected chi connectivity index (χ4v) is 1.90. The molecule has 5 nitrogen and oxygen atoms in total. The molecule has 1 aliphatic rings. The van der Waals surface area contributed by atoms with Gasteiger partial charge in [0.2, 0.25) is 0 Å². The lowest BCUT2D eigenvalue weighted by Crippen LogP contribution is -2.42. The van der Waals surface area contributed by atoms with Crippen molar-refractivity contribution in [3.05, 3.63) is 41.7 Å². The van der Waals surface area contributed by atoms with Crippen LogP contribution in [0, 0.1) is 12.7 Å². The normalized spacial score (nSPS) is 16.8. The monoisotopic (exact) mass is 291 g/mol. The second-order valence-electron chi connectivity index (χ2n) is 4.97. The highest BCUT2D eigenvalue weighted by Gasteiger charge is 2.35. The molecule has 0 atom stereocenters. The SMILES string of the molecule is C=C(B1OC(=O)CN(C)CC(=O)O1)c1ccc(C)c(F)c1. The van der Waals surface area contributed by atoms with Gasteiger partial charge in [0.05, 0.1) is 13.1 Å². The van der Waals surface area contributed by atoms with E-state index in [1.54, 1.807) is 26.1 Å². The third-order valence-electron chi connectivity index (χ3n) is 3.10. The van der Waals surface area contributed by atoms with E-state index >= 15 is 0 Å². The molecule has 1 heterocycles. The molecule has 0 saturated carbocycles. The van der Waals surface area contributed by atoms with Crippen LogP contribution in [0.15, 0.2) is 24.8 Å². The molecular weight excluding hydrogens is 276 g/mol. The number of nitrogens with zero attached hydrogens (tertiary/aromatic N) is 1. The van der Waals surface area contributed by atoms with Gasteiger partial charge < -0.3 is 9.31 Å². The van der Waals surface area contributed by atoms with Crippen LogP contribution in [0.3, 0.4) is 0 Å². The molecule has 1 aromatic carbocycles. The van der Waals surface area contributed by atoms with E-state index in [0.29, 0.717) is 11.1 Å². The van der Waals surface area contributed by atoms with Crippen LogP contribution in [0.5, 0.6) is 0 Å². The number of hydrogen-bond donors (Lipinski definition) is 0. The predicted octanol–water partition coefficient (Wildman–Crippen LogP) is 1.21. The summed E-state index contributed by atoms with van der Waals surface area (Å²) in [6.07, 6.45) is 0. The van der Waals surface area contributed by atoms with Gasteiger partial charge >= 0.3 is 19.1 Å². The van der Waals surface area contributed by atoms with Gasteiger partial charge in [0.15, 0.2) is 0 Å². The van der Waals surface area contributed by atoms with Gasteiger partial charge in [0.25, 0.3) is 0 Å². The molecule has 1 aliphatic heterocycles. The molecule has 0 bridgehead atoms. The van der Waals surface area contributed by atoms with Crippen LogP contribution in [-0.2, 0) is 18.9 Å². The number of halogens is 1. The standard InChI is InChI=1S/C14H15BFNO4/c1-9-4-5-11(6-12(9)16)10(2)15-20-13(18)7-17(3)8-14(19)21-15/h4-6H,2,7-8H2,1,3H3. The Balaban J connectivity index is 2.21. The van der Waals surface area contributed by atoms with Crippen LogP contribution in [0.4, 0.5) is 4.39 Å². The van der Waals surface area contributed by atoms with E-state index in [0.717, 1.165) is 0 Å². The van der Waals surface area contributed by atoms with E-state index in [1.165, 1.54) is 11.0 Å². The van der Waals surface area contributed by atoms with E-state index in [4.69, 9.17) is 9.31 Å². The minimum Gasteiger partial charge on any atom is -0.494 e. The predicted molar refractivity (Wildman–Crippen MR) is 75.6 cm³/mol. The number of carbonyl (C=O) groups excluding carboxylic acids is 2. The first-order valence-electron chi connectivity index (χ1n) is 6.39. The molecule has 0 N–H and O–H groups in total. The van der Waals surface area contributed by atoms with Crippen molar-refractivity contribution in [1.29, 1.82) is 0 Å². The van der Waals surface area contributed by atoms with E-state index < -0.39 is 24.9 Å². The summed E-state index contributed by atoms with van der Waals surface area (Å²) in [5.41, 5.74) is 1.12. The number of aryl methyl sites for hydroxylation is 1. The molecule has 0 aliphatic carbocycles. The van der Waals surface area contributed by atoms with E-state index in [9.17, 15) is 14.0 Å². The van der Waals surface area contributed by atoms with Crippen molar-refractivity contribution in [1.82, 2.24) is 4.90 Å². The lowest BCUT2D eigenvalue weighted by Gasteiger charge is -2.23. The second-order valence-corrected chi connectivity index (χ2v) is 4.97. The fourth-order valence-electron chi connectivity index (χ4n) is 1.90. The summed E-state index contributed by atoms with van der Waals surface area (Å²) >= 11 is 0. The quantitative estimate of drug-likeness (QED) is 0.767. The van der Waals surface area contributed by atoms with Crippen LogP contribution in [0.1, 0.15) is 11.1 Å². The lowest BCUT2D eigenvalue weighted by molar-refractivity contribution is -0.145. The van der Waals surface area contributed by atoms with Crippen LogP contribution in [0.2, 0.25) is 0 Å². The Labute approximate surface area is 122 Å².